The highest BCUT2D eigenvalue weighted by Gasteiger charge is 2.24. The summed E-state index contributed by atoms with van der Waals surface area (Å²) in [6.07, 6.45) is 5.91. The summed E-state index contributed by atoms with van der Waals surface area (Å²) in [5.41, 5.74) is 31.5. The van der Waals surface area contributed by atoms with Crippen molar-refractivity contribution < 1.29 is 0 Å². The van der Waals surface area contributed by atoms with Crippen molar-refractivity contribution in [2.45, 2.75) is 0 Å². The van der Waals surface area contributed by atoms with Crippen molar-refractivity contribution in [1.29, 1.82) is 0 Å². The summed E-state index contributed by atoms with van der Waals surface area (Å²) >= 11 is 0. The fourth-order valence-corrected chi connectivity index (χ4v) is 20.0. The molecule has 27 aromatic rings. The zero-order chi connectivity index (χ0) is 82.9. The van der Waals surface area contributed by atoms with Crippen molar-refractivity contribution in [2.75, 3.05) is 0 Å². The van der Waals surface area contributed by atoms with Crippen LogP contribution in [0.2, 0.25) is 0 Å². The Labute approximate surface area is 723 Å². The van der Waals surface area contributed by atoms with E-state index < -0.39 is 0 Å². The molecule has 9 nitrogen and oxygen atoms in total. The molecule has 9 heterocycles. The minimum Gasteiger partial charge on any atom is -0.309 e. The van der Waals surface area contributed by atoms with Gasteiger partial charge in [0.15, 0.2) is 0 Å². The first-order valence-electron chi connectivity index (χ1n) is 42.9. The van der Waals surface area contributed by atoms with Gasteiger partial charge in [-0.25, -0.2) is 0 Å². The van der Waals surface area contributed by atoms with Crippen molar-refractivity contribution in [3.63, 3.8) is 0 Å². The average Bonchev–Trinajstić information content (AvgIpc) is 1.58. The van der Waals surface area contributed by atoms with Crippen molar-refractivity contribution in [1.82, 2.24) is 42.4 Å². The van der Waals surface area contributed by atoms with Gasteiger partial charge < -0.3 is 27.4 Å². The first kappa shape index (κ1) is 71.9. The Morgan fingerprint density at radius 3 is 0.857 bits per heavy atom. The molecule has 0 aliphatic rings. The number of hydrogen-bond acceptors (Lipinski definition) is 3. The topological polar surface area (TPSA) is 68.2 Å². The Balaban J connectivity index is 0.000000103. The molecular formula is C117H75N9. The van der Waals surface area contributed by atoms with Gasteiger partial charge in [0.25, 0.3) is 0 Å². The van der Waals surface area contributed by atoms with Gasteiger partial charge in [-0.15, -0.1) is 0 Å². The van der Waals surface area contributed by atoms with Gasteiger partial charge in [-0.05, 0) is 221 Å². The van der Waals surface area contributed by atoms with E-state index in [9.17, 15) is 0 Å². The zero-order valence-electron chi connectivity index (χ0n) is 68.3. The summed E-state index contributed by atoms with van der Waals surface area (Å²) in [6, 6.07) is 157. The van der Waals surface area contributed by atoms with Crippen LogP contribution in [-0.4, -0.2) is 42.4 Å². The second kappa shape index (κ2) is 29.4. The van der Waals surface area contributed by atoms with E-state index in [0.29, 0.717) is 0 Å². The summed E-state index contributed by atoms with van der Waals surface area (Å²) in [5, 5.41) is 18.2. The summed E-state index contributed by atoms with van der Waals surface area (Å²) in [5.74, 6) is 0. The molecule has 0 bridgehead atoms. The largest absolute Gasteiger partial charge is 0.309 e. The molecule has 9 heteroatoms. The van der Waals surface area contributed by atoms with Crippen LogP contribution in [0.4, 0.5) is 0 Å². The van der Waals surface area contributed by atoms with Crippen LogP contribution in [0.1, 0.15) is 0 Å². The van der Waals surface area contributed by atoms with Gasteiger partial charge in [0.05, 0.1) is 82.8 Å². The molecule has 0 fully saturated rings. The lowest BCUT2D eigenvalue weighted by molar-refractivity contribution is 1.18. The number of hydrogen-bond donors (Lipinski definition) is 0. The van der Waals surface area contributed by atoms with Gasteiger partial charge in [-0.3, -0.25) is 15.0 Å². The summed E-state index contributed by atoms with van der Waals surface area (Å²) < 4.78 is 14.2. The molecule has 0 amide bonds. The highest BCUT2D eigenvalue weighted by atomic mass is 15.0. The second-order valence-corrected chi connectivity index (χ2v) is 32.6. The van der Waals surface area contributed by atoms with Gasteiger partial charge in [-0.1, -0.05) is 249 Å². The Morgan fingerprint density at radius 1 is 0.151 bits per heavy atom. The number of benzene rings is 18. The van der Waals surface area contributed by atoms with Crippen LogP contribution in [0.5, 0.6) is 0 Å². The van der Waals surface area contributed by atoms with Crippen molar-refractivity contribution in [2.24, 2.45) is 0 Å². The number of fused-ring (bicyclic) bond motifs is 24. The molecule has 0 atom stereocenters. The second-order valence-electron chi connectivity index (χ2n) is 32.6. The van der Waals surface area contributed by atoms with E-state index in [1.165, 1.54) is 159 Å². The first-order valence-corrected chi connectivity index (χ1v) is 42.9. The van der Waals surface area contributed by atoms with Crippen LogP contribution in [0.3, 0.4) is 0 Å². The monoisotopic (exact) mass is 1610 g/mol. The summed E-state index contributed by atoms with van der Waals surface area (Å²) in [6.45, 7) is 0. The minimum atomic E-state index is 1.01. The first-order chi connectivity index (χ1) is 62.5. The SMILES string of the molecule is c1ccc(-n2c3ccccc3c3cc(-c4ccc5c(c4)c4ccc6ncccc6c4n5-c4ccccc4)ccc32)cc1.c1ccc(-n2c3ccccc3c3cc(-c4ccc5c(c4)c4cnc6ccccc6c4n5-c4ccccc4)ccc32)cc1.c1ccc(-n2c3ccccc3c3cc(-c4ccc5c(c4)c4ncc6ccccc6c4n5-c4ccccc4)ccc32)cc1. The van der Waals surface area contributed by atoms with Gasteiger partial charge >= 0.3 is 0 Å². The molecule has 0 unspecified atom stereocenters. The molecule has 126 heavy (non-hydrogen) atoms. The Morgan fingerprint density at radius 2 is 0.437 bits per heavy atom. The molecule has 0 saturated heterocycles. The fraction of sp³-hybridized carbons (Fsp3) is 0. The smallest absolute Gasteiger partial charge is 0.0970 e. The lowest BCUT2D eigenvalue weighted by atomic mass is 10.0. The van der Waals surface area contributed by atoms with E-state index in [2.05, 4.69) is 463 Å². The van der Waals surface area contributed by atoms with Gasteiger partial charge in [-0.2, -0.15) is 0 Å². The van der Waals surface area contributed by atoms with Crippen LogP contribution in [0.25, 0.3) is 231 Å². The molecular weight excluding hydrogens is 1530 g/mol. The number of aromatic nitrogens is 9. The van der Waals surface area contributed by atoms with E-state index in [1.807, 2.05) is 24.7 Å². The number of nitrogens with zero attached hydrogens (tertiary/aromatic N) is 9. The number of rotatable bonds is 9. The van der Waals surface area contributed by atoms with E-state index in [0.717, 1.165) is 71.6 Å². The molecule has 0 aliphatic heterocycles. The third kappa shape index (κ3) is 11.6. The number of para-hydroxylation sites is 10. The molecule has 588 valence electrons. The predicted molar refractivity (Wildman–Crippen MR) is 528 cm³/mol. The summed E-state index contributed by atoms with van der Waals surface area (Å²) in [4.78, 5) is 14.5. The highest BCUT2D eigenvalue weighted by molar-refractivity contribution is 6.22. The summed E-state index contributed by atoms with van der Waals surface area (Å²) in [7, 11) is 0. The molecule has 27 rings (SSSR count). The third-order valence-corrected chi connectivity index (χ3v) is 25.6. The molecule has 9 aromatic heterocycles. The molecule has 0 spiro atoms. The lowest BCUT2D eigenvalue weighted by Crippen LogP contribution is -1.94. The van der Waals surface area contributed by atoms with E-state index in [1.54, 1.807) is 0 Å². The van der Waals surface area contributed by atoms with Gasteiger partial charge in [0.2, 0.25) is 0 Å². The van der Waals surface area contributed by atoms with Gasteiger partial charge in [0.1, 0.15) is 0 Å². The maximum Gasteiger partial charge on any atom is 0.0970 e. The molecule has 0 aliphatic carbocycles. The van der Waals surface area contributed by atoms with E-state index >= 15 is 0 Å². The Bertz CT molecular complexity index is 8180. The maximum atomic E-state index is 5.02. The van der Waals surface area contributed by atoms with Crippen molar-refractivity contribution in [3.8, 4) is 67.5 Å². The average molecular weight is 1610 g/mol. The van der Waals surface area contributed by atoms with Crippen molar-refractivity contribution in [3.05, 3.63) is 455 Å². The molecule has 0 N–H and O–H groups in total. The normalized spacial score (nSPS) is 11.8. The van der Waals surface area contributed by atoms with Crippen LogP contribution in [0, 0.1) is 0 Å². The molecule has 0 radical (unpaired) electrons. The van der Waals surface area contributed by atoms with Crippen LogP contribution < -0.4 is 0 Å². The standard InChI is InChI=1S/3C39H25N3/c1-3-11-28(12-4-1)41-36-18-10-8-15-30(36)32-23-26(19-21-37(32)41)27-20-22-38-33(24-27)34-25-40-35-17-9-7-16-31(35)39(34)42(38)29-13-5-2-6-14-29;1-3-12-29(13-4-1)41-35-18-10-9-17-32(35)33-23-26(19-21-36(33)41)27-20-22-37-34(24-27)38-39(42(37)30-14-5-2-6-15-30)31-16-8-7-11-28(31)25-40-38;1-3-10-28(11-4-1)41-36-16-8-7-14-30(36)33-24-26(17-21-37(33)41)27-18-22-38-34(25-27)31-19-20-35-32(15-9-23-40-35)39(31)42(38)29-12-5-2-6-13-29/h3*1-25H. The molecule has 18 aromatic carbocycles. The van der Waals surface area contributed by atoms with Crippen molar-refractivity contribution >= 4 is 164 Å². The minimum absolute atomic E-state index is 1.01. The van der Waals surface area contributed by atoms with E-state index in [-0.39, 0.29) is 0 Å². The van der Waals surface area contributed by atoms with Crippen LogP contribution in [-0.2, 0) is 0 Å². The fourth-order valence-electron chi connectivity index (χ4n) is 20.0. The Kier molecular flexibility index (Phi) is 16.8. The van der Waals surface area contributed by atoms with Crippen LogP contribution >= 0.6 is 0 Å². The molecule has 0 saturated carbocycles. The van der Waals surface area contributed by atoms with Crippen LogP contribution in [0.15, 0.2) is 455 Å². The zero-order valence-corrected chi connectivity index (χ0v) is 68.3. The van der Waals surface area contributed by atoms with Gasteiger partial charge in [0, 0.05) is 134 Å². The quantitative estimate of drug-likeness (QED) is 0.145. The third-order valence-electron chi connectivity index (χ3n) is 25.6. The highest BCUT2D eigenvalue weighted by Crippen LogP contribution is 2.46. The van der Waals surface area contributed by atoms with E-state index in [4.69, 9.17) is 9.97 Å². The lowest BCUT2D eigenvalue weighted by Gasteiger charge is -2.10. The Hall–Kier alpha value is -17.0. The number of pyridine rings is 3. The maximum absolute atomic E-state index is 5.02. The predicted octanol–water partition coefficient (Wildman–Crippen LogP) is 30.3.